The van der Waals surface area contributed by atoms with Gasteiger partial charge in [-0.2, -0.15) is 5.26 Å². The van der Waals surface area contributed by atoms with E-state index in [2.05, 4.69) is 32.2 Å². The van der Waals surface area contributed by atoms with Gasteiger partial charge >= 0.3 is 0 Å². The number of hydrogen-bond acceptors (Lipinski definition) is 3. The second-order valence-electron chi connectivity index (χ2n) is 5.33. The van der Waals surface area contributed by atoms with Crippen LogP contribution in [0.2, 0.25) is 0 Å². The maximum atomic E-state index is 9.26. The van der Waals surface area contributed by atoms with Crippen molar-refractivity contribution < 1.29 is 4.74 Å². The van der Waals surface area contributed by atoms with Gasteiger partial charge in [-0.25, -0.2) is 0 Å². The summed E-state index contributed by atoms with van der Waals surface area (Å²) in [6.45, 7) is 11.0. The Labute approximate surface area is 113 Å². The summed E-state index contributed by atoms with van der Waals surface area (Å²) in [5.41, 5.74) is -0.351. The Balaban J connectivity index is 3.65. The van der Waals surface area contributed by atoms with E-state index in [-0.39, 0.29) is 5.54 Å². The number of rotatable bonds is 11. The molecule has 1 unspecified atom stereocenters. The lowest BCUT2D eigenvalue weighted by Crippen LogP contribution is -2.43. The van der Waals surface area contributed by atoms with E-state index < -0.39 is 0 Å². The molecule has 0 aromatic heterocycles. The van der Waals surface area contributed by atoms with Crippen LogP contribution in [0.25, 0.3) is 0 Å². The predicted molar refractivity (Wildman–Crippen MR) is 76.4 cm³/mol. The van der Waals surface area contributed by atoms with Crippen LogP contribution in [0.4, 0.5) is 0 Å². The molecule has 1 N–H and O–H groups in total. The van der Waals surface area contributed by atoms with Crippen molar-refractivity contribution in [2.75, 3.05) is 19.8 Å². The third kappa shape index (κ3) is 7.68. The fraction of sp³-hybridized carbons (Fsp3) is 0.933. The molecule has 0 amide bonds. The van der Waals surface area contributed by atoms with Gasteiger partial charge in [0.2, 0.25) is 0 Å². The summed E-state index contributed by atoms with van der Waals surface area (Å²) in [5.74, 6) is 0.758. The summed E-state index contributed by atoms with van der Waals surface area (Å²) in [6, 6.07) is 2.42. The van der Waals surface area contributed by atoms with Crippen molar-refractivity contribution in [1.82, 2.24) is 5.32 Å². The maximum Gasteiger partial charge on any atom is 0.106 e. The first-order chi connectivity index (χ1) is 8.60. The third-order valence-electron chi connectivity index (χ3n) is 3.30. The second kappa shape index (κ2) is 10.3. The summed E-state index contributed by atoms with van der Waals surface area (Å²) in [4.78, 5) is 0. The lowest BCUT2D eigenvalue weighted by atomic mass is 9.92. The largest absolute Gasteiger partial charge is 0.381 e. The number of nitrogens with one attached hydrogen (secondary N) is 1. The molecule has 0 bridgehead atoms. The molecule has 0 aromatic rings. The van der Waals surface area contributed by atoms with Gasteiger partial charge < -0.3 is 4.74 Å². The van der Waals surface area contributed by atoms with Gasteiger partial charge in [-0.3, -0.25) is 5.32 Å². The fourth-order valence-corrected chi connectivity index (χ4v) is 2.07. The lowest BCUT2D eigenvalue weighted by molar-refractivity contribution is 0.119. The Hall–Kier alpha value is -0.590. The average Bonchev–Trinajstić information content (AvgIpc) is 2.36. The highest BCUT2D eigenvalue weighted by Gasteiger charge is 2.25. The van der Waals surface area contributed by atoms with Crippen LogP contribution in [0.1, 0.15) is 59.8 Å². The van der Waals surface area contributed by atoms with Crippen molar-refractivity contribution in [2.24, 2.45) is 5.92 Å². The minimum absolute atomic E-state index is 0.351. The van der Waals surface area contributed by atoms with Gasteiger partial charge in [-0.1, -0.05) is 27.7 Å². The number of ether oxygens (including phenoxy) is 1. The Morgan fingerprint density at radius 3 is 2.39 bits per heavy atom. The van der Waals surface area contributed by atoms with Crippen LogP contribution >= 0.6 is 0 Å². The molecule has 1 atom stereocenters. The SMILES string of the molecule is CCNC(C#N)(CC)CCCOCCCC(C)C. The molecule has 0 fully saturated rings. The minimum atomic E-state index is -0.351. The Bertz CT molecular complexity index is 235. The van der Waals surface area contributed by atoms with E-state index in [4.69, 9.17) is 4.74 Å². The molecule has 0 aliphatic carbocycles. The standard InChI is InChI=1S/C15H30N2O/c1-5-15(13-16,17-6-2)10-8-12-18-11-7-9-14(3)4/h14,17H,5-12H2,1-4H3. The van der Waals surface area contributed by atoms with Crippen molar-refractivity contribution in [3.63, 3.8) is 0 Å². The van der Waals surface area contributed by atoms with Crippen LogP contribution in [-0.2, 0) is 4.74 Å². The molecule has 0 aliphatic rings. The molecule has 3 nitrogen and oxygen atoms in total. The first-order valence-corrected chi connectivity index (χ1v) is 7.34. The second-order valence-corrected chi connectivity index (χ2v) is 5.33. The Morgan fingerprint density at radius 2 is 1.89 bits per heavy atom. The van der Waals surface area contributed by atoms with Crippen molar-refractivity contribution in [3.05, 3.63) is 0 Å². The molecule has 106 valence electrons. The highest BCUT2D eigenvalue weighted by Crippen LogP contribution is 2.16. The van der Waals surface area contributed by atoms with E-state index in [9.17, 15) is 5.26 Å². The predicted octanol–water partition coefficient (Wildman–Crippen LogP) is 3.50. The van der Waals surface area contributed by atoms with Crippen molar-refractivity contribution >= 4 is 0 Å². The summed E-state index contributed by atoms with van der Waals surface area (Å²) in [7, 11) is 0. The van der Waals surface area contributed by atoms with Crippen LogP contribution in [0.3, 0.4) is 0 Å². The lowest BCUT2D eigenvalue weighted by Gasteiger charge is -2.25. The molecule has 0 spiro atoms. The first-order valence-electron chi connectivity index (χ1n) is 7.34. The first kappa shape index (κ1) is 17.4. The third-order valence-corrected chi connectivity index (χ3v) is 3.30. The summed E-state index contributed by atoms with van der Waals surface area (Å²) < 4.78 is 5.61. The fourth-order valence-electron chi connectivity index (χ4n) is 2.07. The Morgan fingerprint density at radius 1 is 1.22 bits per heavy atom. The van der Waals surface area contributed by atoms with Gasteiger partial charge in [0.1, 0.15) is 5.54 Å². The maximum absolute atomic E-state index is 9.26. The highest BCUT2D eigenvalue weighted by atomic mass is 16.5. The smallest absolute Gasteiger partial charge is 0.106 e. The summed E-state index contributed by atoms with van der Waals surface area (Å²) in [5, 5.41) is 12.6. The molecule has 0 radical (unpaired) electrons. The monoisotopic (exact) mass is 254 g/mol. The summed E-state index contributed by atoms with van der Waals surface area (Å²) >= 11 is 0. The normalized spacial score (nSPS) is 14.4. The number of nitrogens with zero attached hydrogens (tertiary/aromatic N) is 1. The van der Waals surface area contributed by atoms with Crippen molar-refractivity contribution in [3.8, 4) is 6.07 Å². The zero-order chi connectivity index (χ0) is 13.9. The number of nitriles is 1. The minimum Gasteiger partial charge on any atom is -0.381 e. The van der Waals surface area contributed by atoms with Gasteiger partial charge in [0.25, 0.3) is 0 Å². The summed E-state index contributed by atoms with van der Waals surface area (Å²) in [6.07, 6.45) is 5.05. The molecule has 0 heterocycles. The van der Waals surface area contributed by atoms with E-state index in [1.807, 2.05) is 6.92 Å². The zero-order valence-corrected chi connectivity index (χ0v) is 12.6. The molecule has 0 saturated heterocycles. The van der Waals surface area contributed by atoms with Gasteiger partial charge in [-0.15, -0.1) is 0 Å². The van der Waals surface area contributed by atoms with E-state index >= 15 is 0 Å². The van der Waals surface area contributed by atoms with Crippen molar-refractivity contribution in [1.29, 1.82) is 5.26 Å². The topological polar surface area (TPSA) is 45.0 Å². The molecule has 0 saturated carbocycles. The average molecular weight is 254 g/mol. The van der Waals surface area contributed by atoms with E-state index in [0.29, 0.717) is 0 Å². The quantitative estimate of drug-likeness (QED) is 0.574. The molecule has 0 aliphatic heterocycles. The molecular weight excluding hydrogens is 224 g/mol. The molecule has 18 heavy (non-hydrogen) atoms. The Kier molecular flexibility index (Phi) is 10.0. The van der Waals surface area contributed by atoms with Gasteiger partial charge in [0.15, 0.2) is 0 Å². The molecule has 0 rings (SSSR count). The van der Waals surface area contributed by atoms with Crippen molar-refractivity contribution in [2.45, 2.75) is 65.3 Å². The van der Waals surface area contributed by atoms with Gasteiger partial charge in [0, 0.05) is 13.2 Å². The van der Waals surface area contributed by atoms with Gasteiger partial charge in [0.05, 0.1) is 6.07 Å². The van der Waals surface area contributed by atoms with Crippen LogP contribution in [0, 0.1) is 17.2 Å². The molecule has 0 aromatic carbocycles. The van der Waals surface area contributed by atoms with E-state index in [0.717, 1.165) is 51.4 Å². The van der Waals surface area contributed by atoms with Crippen LogP contribution in [-0.4, -0.2) is 25.3 Å². The number of hydrogen-bond donors (Lipinski definition) is 1. The van der Waals surface area contributed by atoms with Crippen LogP contribution in [0.15, 0.2) is 0 Å². The van der Waals surface area contributed by atoms with Gasteiger partial charge in [-0.05, 0) is 44.6 Å². The van der Waals surface area contributed by atoms with E-state index in [1.165, 1.54) is 6.42 Å². The zero-order valence-electron chi connectivity index (χ0n) is 12.6. The van der Waals surface area contributed by atoms with Crippen LogP contribution in [0.5, 0.6) is 0 Å². The molecular formula is C15H30N2O. The van der Waals surface area contributed by atoms with E-state index in [1.54, 1.807) is 0 Å². The molecule has 3 heteroatoms. The highest BCUT2D eigenvalue weighted by molar-refractivity contribution is 5.05. The van der Waals surface area contributed by atoms with Crippen LogP contribution < -0.4 is 5.32 Å².